The van der Waals surface area contributed by atoms with Crippen molar-refractivity contribution in [2.24, 2.45) is 5.92 Å². The van der Waals surface area contributed by atoms with Crippen LogP contribution in [0.2, 0.25) is 0 Å². The maximum atomic E-state index is 11.6. The maximum Gasteiger partial charge on any atom is 0.223 e. The monoisotopic (exact) mass is 256 g/mol. The Morgan fingerprint density at radius 3 is 2.95 bits per heavy atom. The van der Waals surface area contributed by atoms with Crippen LogP contribution in [-0.4, -0.2) is 20.7 Å². The molecule has 1 aromatic heterocycles. The molecule has 2 aromatic rings. The van der Waals surface area contributed by atoms with E-state index in [1.54, 1.807) is 11.0 Å². The minimum absolute atomic E-state index is 0.182. The van der Waals surface area contributed by atoms with E-state index in [4.69, 9.17) is 0 Å². The van der Waals surface area contributed by atoms with Gasteiger partial charge >= 0.3 is 0 Å². The molecule has 1 aromatic carbocycles. The zero-order valence-electron chi connectivity index (χ0n) is 10.6. The van der Waals surface area contributed by atoms with E-state index >= 15 is 0 Å². The number of aromatic nitrogens is 3. The Morgan fingerprint density at radius 2 is 2.21 bits per heavy atom. The van der Waals surface area contributed by atoms with E-state index < -0.39 is 0 Å². The lowest BCUT2D eigenvalue weighted by atomic mass is 10.1. The molecule has 3 rings (SSSR count). The quantitative estimate of drug-likeness (QED) is 0.878. The predicted octanol–water partition coefficient (Wildman–Crippen LogP) is 1.35. The molecule has 0 bridgehead atoms. The average Bonchev–Trinajstić information content (AvgIpc) is 3.16. The van der Waals surface area contributed by atoms with Gasteiger partial charge in [0.05, 0.1) is 6.54 Å². The van der Waals surface area contributed by atoms with E-state index in [0.29, 0.717) is 13.1 Å². The molecule has 1 heterocycles. The molecular weight excluding hydrogens is 240 g/mol. The van der Waals surface area contributed by atoms with Crippen molar-refractivity contribution in [1.82, 2.24) is 20.1 Å². The Hall–Kier alpha value is -2.17. The summed E-state index contributed by atoms with van der Waals surface area (Å²) in [4.78, 5) is 15.5. The molecule has 98 valence electrons. The molecule has 1 amide bonds. The van der Waals surface area contributed by atoms with Gasteiger partial charge in [0.25, 0.3) is 0 Å². The second-order valence-corrected chi connectivity index (χ2v) is 4.91. The van der Waals surface area contributed by atoms with Crippen molar-refractivity contribution in [3.8, 4) is 0 Å². The highest BCUT2D eigenvalue weighted by Crippen LogP contribution is 2.28. The van der Waals surface area contributed by atoms with Gasteiger partial charge in [-0.05, 0) is 24.0 Å². The van der Waals surface area contributed by atoms with Crippen molar-refractivity contribution in [2.75, 3.05) is 0 Å². The van der Waals surface area contributed by atoms with Crippen LogP contribution in [0.25, 0.3) is 0 Å². The van der Waals surface area contributed by atoms with Crippen LogP contribution in [0.15, 0.2) is 36.9 Å². The smallest absolute Gasteiger partial charge is 0.223 e. The lowest BCUT2D eigenvalue weighted by molar-refractivity contribution is -0.122. The number of amides is 1. The first kappa shape index (κ1) is 11.9. The van der Waals surface area contributed by atoms with Gasteiger partial charge in [-0.3, -0.25) is 4.79 Å². The van der Waals surface area contributed by atoms with E-state index in [1.165, 1.54) is 6.33 Å². The molecule has 1 fully saturated rings. The molecule has 5 heteroatoms. The highest BCUT2D eigenvalue weighted by Gasteiger charge is 2.29. The van der Waals surface area contributed by atoms with Crippen LogP contribution in [-0.2, 0) is 17.9 Å². The third-order valence-electron chi connectivity index (χ3n) is 3.22. The third-order valence-corrected chi connectivity index (χ3v) is 3.22. The number of carbonyl (C=O) groups excluding carboxylic acids is 1. The second kappa shape index (κ2) is 5.22. The number of nitrogens with one attached hydrogen (secondary N) is 1. The summed E-state index contributed by atoms with van der Waals surface area (Å²) in [6, 6.07) is 8.17. The number of hydrogen-bond donors (Lipinski definition) is 1. The molecule has 0 spiro atoms. The first-order valence-electron chi connectivity index (χ1n) is 6.49. The highest BCUT2D eigenvalue weighted by atomic mass is 16.2. The minimum atomic E-state index is 0.182. The topological polar surface area (TPSA) is 59.8 Å². The normalized spacial score (nSPS) is 14.3. The maximum absolute atomic E-state index is 11.6. The molecule has 0 aliphatic heterocycles. The molecule has 1 saturated carbocycles. The van der Waals surface area contributed by atoms with Gasteiger partial charge in [0.2, 0.25) is 5.91 Å². The summed E-state index contributed by atoms with van der Waals surface area (Å²) in [6.45, 7) is 1.30. The fraction of sp³-hybridized carbons (Fsp3) is 0.357. The van der Waals surface area contributed by atoms with Gasteiger partial charge in [0.15, 0.2) is 0 Å². The Bertz CT molecular complexity index is 561. The van der Waals surface area contributed by atoms with Gasteiger partial charge in [-0.1, -0.05) is 24.3 Å². The predicted molar refractivity (Wildman–Crippen MR) is 70.1 cm³/mol. The van der Waals surface area contributed by atoms with E-state index in [0.717, 1.165) is 24.0 Å². The third kappa shape index (κ3) is 3.19. The molecule has 0 unspecified atom stereocenters. The van der Waals surface area contributed by atoms with Gasteiger partial charge in [-0.25, -0.2) is 9.67 Å². The Labute approximate surface area is 111 Å². The number of rotatable bonds is 5. The summed E-state index contributed by atoms with van der Waals surface area (Å²) in [6.07, 6.45) is 5.30. The van der Waals surface area contributed by atoms with Gasteiger partial charge in [-0.2, -0.15) is 5.10 Å². The van der Waals surface area contributed by atoms with Crippen molar-refractivity contribution in [1.29, 1.82) is 0 Å². The molecule has 1 aliphatic carbocycles. The molecule has 5 nitrogen and oxygen atoms in total. The summed E-state index contributed by atoms with van der Waals surface area (Å²) in [5, 5.41) is 7.06. The second-order valence-electron chi connectivity index (χ2n) is 4.91. The first-order valence-corrected chi connectivity index (χ1v) is 6.49. The van der Waals surface area contributed by atoms with Crippen LogP contribution >= 0.6 is 0 Å². The lowest BCUT2D eigenvalue weighted by Gasteiger charge is -2.07. The van der Waals surface area contributed by atoms with Crippen LogP contribution in [0.1, 0.15) is 24.0 Å². The molecule has 0 saturated heterocycles. The van der Waals surface area contributed by atoms with Gasteiger partial charge in [0, 0.05) is 12.5 Å². The summed E-state index contributed by atoms with van der Waals surface area (Å²) in [5.41, 5.74) is 2.27. The van der Waals surface area contributed by atoms with Gasteiger partial charge in [0.1, 0.15) is 12.7 Å². The van der Waals surface area contributed by atoms with Crippen molar-refractivity contribution in [3.63, 3.8) is 0 Å². The van der Waals surface area contributed by atoms with E-state index in [9.17, 15) is 4.79 Å². The molecular formula is C14H16N4O. The zero-order valence-corrected chi connectivity index (χ0v) is 10.6. The van der Waals surface area contributed by atoms with Gasteiger partial charge in [-0.15, -0.1) is 0 Å². The van der Waals surface area contributed by atoms with Crippen molar-refractivity contribution >= 4 is 5.91 Å². The lowest BCUT2D eigenvalue weighted by Crippen LogP contribution is -2.24. The SMILES string of the molecule is O=C(NCc1cccc(Cn2cncn2)c1)C1CC1. The van der Waals surface area contributed by atoms with E-state index in [2.05, 4.69) is 21.5 Å². The first-order chi connectivity index (χ1) is 9.31. The average molecular weight is 256 g/mol. The summed E-state index contributed by atoms with van der Waals surface area (Å²) in [5.74, 6) is 0.444. The van der Waals surface area contributed by atoms with Crippen molar-refractivity contribution in [2.45, 2.75) is 25.9 Å². The molecule has 0 atom stereocenters. The van der Waals surface area contributed by atoms with E-state index in [1.807, 2.05) is 18.2 Å². The summed E-state index contributed by atoms with van der Waals surface area (Å²) in [7, 11) is 0. The Kier molecular flexibility index (Phi) is 3.27. The number of carbonyl (C=O) groups is 1. The van der Waals surface area contributed by atoms with E-state index in [-0.39, 0.29) is 11.8 Å². The van der Waals surface area contributed by atoms with Crippen LogP contribution in [0.4, 0.5) is 0 Å². The molecule has 19 heavy (non-hydrogen) atoms. The van der Waals surface area contributed by atoms with Crippen molar-refractivity contribution < 1.29 is 4.79 Å². The summed E-state index contributed by atoms with van der Waals surface area (Å²) >= 11 is 0. The number of hydrogen-bond acceptors (Lipinski definition) is 3. The fourth-order valence-electron chi connectivity index (χ4n) is 2.02. The molecule has 1 N–H and O–H groups in total. The van der Waals surface area contributed by atoms with Crippen LogP contribution in [0.3, 0.4) is 0 Å². The van der Waals surface area contributed by atoms with Gasteiger partial charge < -0.3 is 5.32 Å². The largest absolute Gasteiger partial charge is 0.352 e. The fourth-order valence-corrected chi connectivity index (χ4v) is 2.02. The Morgan fingerprint density at radius 1 is 1.37 bits per heavy atom. The number of nitrogens with zero attached hydrogens (tertiary/aromatic N) is 3. The minimum Gasteiger partial charge on any atom is -0.352 e. The van der Waals surface area contributed by atoms with Crippen molar-refractivity contribution in [3.05, 3.63) is 48.0 Å². The zero-order chi connectivity index (χ0) is 13.1. The van der Waals surface area contributed by atoms with Crippen LogP contribution in [0, 0.1) is 5.92 Å². The Balaban J connectivity index is 1.60. The molecule has 0 radical (unpaired) electrons. The van der Waals surface area contributed by atoms with Crippen LogP contribution < -0.4 is 5.32 Å². The summed E-state index contributed by atoms with van der Waals surface area (Å²) < 4.78 is 1.78. The highest BCUT2D eigenvalue weighted by molar-refractivity contribution is 5.80. The number of benzene rings is 1. The standard InChI is InChI=1S/C14H16N4O/c19-14(13-4-5-13)16-7-11-2-1-3-12(6-11)8-18-10-15-9-17-18/h1-3,6,9-10,13H,4-5,7-8H2,(H,16,19). The van der Waals surface area contributed by atoms with Crippen LogP contribution in [0.5, 0.6) is 0 Å². The molecule has 1 aliphatic rings.